The molecule has 11 heteroatoms. The summed E-state index contributed by atoms with van der Waals surface area (Å²) in [5, 5.41) is 27.4. The highest BCUT2D eigenvalue weighted by Gasteiger charge is 2.16. The first kappa shape index (κ1) is 28.8. The maximum absolute atomic E-state index is 9.39. The van der Waals surface area contributed by atoms with E-state index in [9.17, 15) is 5.11 Å². The van der Waals surface area contributed by atoms with Crippen LogP contribution >= 0.6 is 0 Å². The van der Waals surface area contributed by atoms with Gasteiger partial charge in [0, 0.05) is 19.1 Å². The summed E-state index contributed by atoms with van der Waals surface area (Å²) in [5.74, 6) is 0. The fourth-order valence-corrected chi connectivity index (χ4v) is 2.37. The van der Waals surface area contributed by atoms with Crippen molar-refractivity contribution in [3.05, 3.63) is 0 Å². The normalized spacial score (nSPS) is 12.7. The van der Waals surface area contributed by atoms with E-state index >= 15 is 0 Å². The Morgan fingerprint density at radius 2 is 1.33 bits per heavy atom. The van der Waals surface area contributed by atoms with Crippen molar-refractivity contribution in [3.63, 3.8) is 0 Å². The SMILES string of the molecule is CCCCCCCCOOCCC(CO)N(CCO)CCO.O=S(=O)(O)O. The van der Waals surface area contributed by atoms with Crippen molar-refractivity contribution >= 4 is 10.4 Å². The van der Waals surface area contributed by atoms with Crippen molar-refractivity contribution < 1.29 is 42.6 Å². The van der Waals surface area contributed by atoms with Crippen LogP contribution in [0, 0.1) is 0 Å². The second kappa shape index (κ2) is 20.4. The summed E-state index contributed by atoms with van der Waals surface area (Å²) < 4.78 is 31.6. The van der Waals surface area contributed by atoms with E-state index in [4.69, 9.17) is 37.5 Å². The van der Waals surface area contributed by atoms with Crippen LogP contribution in [0.3, 0.4) is 0 Å². The molecular weight excluding hydrogens is 382 g/mol. The molecule has 0 fully saturated rings. The minimum atomic E-state index is -4.67. The van der Waals surface area contributed by atoms with Gasteiger partial charge >= 0.3 is 10.4 Å². The Morgan fingerprint density at radius 3 is 1.81 bits per heavy atom. The highest BCUT2D eigenvalue weighted by Crippen LogP contribution is 2.06. The van der Waals surface area contributed by atoms with Crippen molar-refractivity contribution in [2.24, 2.45) is 0 Å². The molecule has 0 aromatic heterocycles. The van der Waals surface area contributed by atoms with Gasteiger partial charge in [-0.1, -0.05) is 39.0 Å². The monoisotopic (exact) mass is 419 g/mol. The summed E-state index contributed by atoms with van der Waals surface area (Å²) in [6, 6.07) is -0.128. The Hall–Kier alpha value is -0.370. The fourth-order valence-electron chi connectivity index (χ4n) is 2.37. The molecule has 0 bridgehead atoms. The first-order valence-electron chi connectivity index (χ1n) is 9.31. The predicted molar refractivity (Wildman–Crippen MR) is 101 cm³/mol. The quantitative estimate of drug-likeness (QED) is 0.0982. The average molecular weight is 420 g/mol. The summed E-state index contributed by atoms with van der Waals surface area (Å²) in [7, 11) is -4.67. The Morgan fingerprint density at radius 1 is 0.852 bits per heavy atom. The van der Waals surface area contributed by atoms with Gasteiger partial charge in [0.25, 0.3) is 0 Å². The van der Waals surface area contributed by atoms with Gasteiger partial charge in [0.05, 0.1) is 33.0 Å². The van der Waals surface area contributed by atoms with Gasteiger partial charge in [-0.2, -0.15) is 8.42 Å². The maximum atomic E-state index is 9.39. The highest BCUT2D eigenvalue weighted by atomic mass is 32.3. The van der Waals surface area contributed by atoms with E-state index in [-0.39, 0.29) is 25.9 Å². The van der Waals surface area contributed by atoms with Crippen LogP contribution < -0.4 is 0 Å². The van der Waals surface area contributed by atoms with E-state index in [2.05, 4.69) is 6.92 Å². The first-order chi connectivity index (χ1) is 12.8. The third-order valence-electron chi connectivity index (χ3n) is 3.70. The minimum absolute atomic E-state index is 0.00584. The molecule has 27 heavy (non-hydrogen) atoms. The van der Waals surface area contributed by atoms with Crippen LogP contribution in [0.4, 0.5) is 0 Å². The van der Waals surface area contributed by atoms with Crippen LogP contribution in [0.5, 0.6) is 0 Å². The lowest BCUT2D eigenvalue weighted by Gasteiger charge is -2.28. The van der Waals surface area contributed by atoms with Crippen LogP contribution in [0.1, 0.15) is 51.9 Å². The Kier molecular flexibility index (Phi) is 21.8. The van der Waals surface area contributed by atoms with Gasteiger partial charge in [0.15, 0.2) is 0 Å². The number of hydrogen-bond donors (Lipinski definition) is 5. The molecule has 0 saturated carbocycles. The van der Waals surface area contributed by atoms with Crippen molar-refractivity contribution in [3.8, 4) is 0 Å². The van der Waals surface area contributed by atoms with Crippen LogP contribution in [0.15, 0.2) is 0 Å². The number of aliphatic hydroxyl groups excluding tert-OH is 3. The van der Waals surface area contributed by atoms with Crippen LogP contribution in [-0.2, 0) is 20.2 Å². The Balaban J connectivity index is 0. The molecule has 0 aliphatic heterocycles. The zero-order chi connectivity index (χ0) is 21.0. The second-order valence-corrected chi connectivity index (χ2v) is 6.86. The van der Waals surface area contributed by atoms with E-state index in [1.54, 1.807) is 0 Å². The van der Waals surface area contributed by atoms with Crippen molar-refractivity contribution in [2.45, 2.75) is 57.9 Å². The predicted octanol–water partition coefficient (Wildman–Crippen LogP) is 0.680. The third-order valence-corrected chi connectivity index (χ3v) is 3.70. The van der Waals surface area contributed by atoms with E-state index in [0.29, 0.717) is 32.7 Å². The van der Waals surface area contributed by atoms with Crippen molar-refractivity contribution in [1.29, 1.82) is 0 Å². The molecule has 0 aromatic rings. The molecule has 0 spiro atoms. The maximum Gasteiger partial charge on any atom is 0.394 e. The Labute approximate surface area is 162 Å². The molecule has 166 valence electrons. The molecule has 0 aromatic carbocycles. The standard InChI is InChI=1S/C16H35NO5.H2O4S/c1-2-3-4-5-6-7-13-21-22-14-8-16(15-20)17(9-11-18)10-12-19;1-5(2,3)4/h16,18-20H,2-15H2,1H3;(H2,1,2,3,4). The first-order valence-corrected chi connectivity index (χ1v) is 10.7. The molecule has 0 saturated heterocycles. The molecule has 5 N–H and O–H groups in total. The average Bonchev–Trinajstić information content (AvgIpc) is 2.58. The number of rotatable bonds is 17. The lowest BCUT2D eigenvalue weighted by molar-refractivity contribution is -0.296. The second-order valence-electron chi connectivity index (χ2n) is 5.97. The summed E-state index contributed by atoms with van der Waals surface area (Å²) in [4.78, 5) is 12.1. The van der Waals surface area contributed by atoms with Gasteiger partial charge in [0.1, 0.15) is 0 Å². The number of nitrogens with zero attached hydrogens (tertiary/aromatic N) is 1. The van der Waals surface area contributed by atoms with Gasteiger partial charge < -0.3 is 15.3 Å². The van der Waals surface area contributed by atoms with Crippen molar-refractivity contribution in [2.75, 3.05) is 46.1 Å². The molecule has 0 radical (unpaired) electrons. The lowest BCUT2D eigenvalue weighted by Crippen LogP contribution is -2.42. The van der Waals surface area contributed by atoms with Gasteiger partial charge in [-0.25, -0.2) is 9.78 Å². The van der Waals surface area contributed by atoms with Crippen LogP contribution in [-0.4, -0.2) is 89.9 Å². The molecule has 10 nitrogen and oxygen atoms in total. The largest absolute Gasteiger partial charge is 0.395 e. The van der Waals surface area contributed by atoms with E-state index in [0.717, 1.165) is 6.42 Å². The van der Waals surface area contributed by atoms with E-state index < -0.39 is 10.4 Å². The lowest BCUT2D eigenvalue weighted by atomic mass is 10.1. The van der Waals surface area contributed by atoms with E-state index in [1.165, 1.54) is 32.1 Å². The molecule has 1 atom stereocenters. The summed E-state index contributed by atoms with van der Waals surface area (Å²) in [6.07, 6.45) is 7.89. The zero-order valence-corrected chi connectivity index (χ0v) is 17.0. The summed E-state index contributed by atoms with van der Waals surface area (Å²) in [6.45, 7) is 4.06. The molecule has 0 heterocycles. The molecule has 0 aliphatic rings. The Bertz CT molecular complexity index is 381. The number of unbranched alkanes of at least 4 members (excludes halogenated alkanes) is 5. The topological polar surface area (TPSA) is 157 Å². The summed E-state index contributed by atoms with van der Waals surface area (Å²) in [5.41, 5.74) is 0. The number of aliphatic hydroxyl groups is 3. The molecule has 0 amide bonds. The highest BCUT2D eigenvalue weighted by molar-refractivity contribution is 7.79. The minimum Gasteiger partial charge on any atom is -0.395 e. The van der Waals surface area contributed by atoms with E-state index in [1.807, 2.05) is 4.90 Å². The summed E-state index contributed by atoms with van der Waals surface area (Å²) >= 11 is 0. The molecule has 1 unspecified atom stereocenters. The van der Waals surface area contributed by atoms with Gasteiger partial charge in [-0.05, 0) is 12.8 Å². The fraction of sp³-hybridized carbons (Fsp3) is 1.00. The zero-order valence-electron chi connectivity index (χ0n) is 16.2. The molecular formula is C16H37NO9S. The van der Waals surface area contributed by atoms with Crippen LogP contribution in [0.25, 0.3) is 0 Å². The third kappa shape index (κ3) is 25.6. The van der Waals surface area contributed by atoms with Gasteiger partial charge in [-0.15, -0.1) is 0 Å². The van der Waals surface area contributed by atoms with Gasteiger partial charge in [0.2, 0.25) is 0 Å². The van der Waals surface area contributed by atoms with Gasteiger partial charge in [-0.3, -0.25) is 14.0 Å². The van der Waals surface area contributed by atoms with Crippen LogP contribution in [0.2, 0.25) is 0 Å². The molecule has 0 aliphatic carbocycles. The number of hydrogen-bond acceptors (Lipinski definition) is 8. The molecule has 0 rings (SSSR count). The smallest absolute Gasteiger partial charge is 0.394 e. The van der Waals surface area contributed by atoms with Crippen molar-refractivity contribution in [1.82, 2.24) is 4.90 Å².